The molecule has 1 heterocycles. The lowest BCUT2D eigenvalue weighted by atomic mass is 10.1. The van der Waals surface area contributed by atoms with Crippen molar-refractivity contribution in [2.24, 2.45) is 5.92 Å². The molecule has 0 spiro atoms. The summed E-state index contributed by atoms with van der Waals surface area (Å²) in [5.41, 5.74) is 2.28. The van der Waals surface area contributed by atoms with Crippen LogP contribution in [0.15, 0.2) is 30.3 Å². The van der Waals surface area contributed by atoms with Crippen LogP contribution >= 0.6 is 24.0 Å². The van der Waals surface area contributed by atoms with Gasteiger partial charge in [0.15, 0.2) is 0 Å². The Bertz CT molecular complexity index is 509. The Labute approximate surface area is 126 Å². The number of anilines is 1. The van der Waals surface area contributed by atoms with Gasteiger partial charge in [0.1, 0.15) is 5.82 Å². The van der Waals surface area contributed by atoms with Crippen molar-refractivity contribution < 1.29 is 0 Å². The maximum atomic E-state index is 4.66. The third kappa shape index (κ3) is 3.83. The van der Waals surface area contributed by atoms with E-state index in [1.54, 1.807) is 0 Å². The predicted molar refractivity (Wildman–Crippen MR) is 89.8 cm³/mol. The number of nitrogens with one attached hydrogen (secondary N) is 1. The van der Waals surface area contributed by atoms with Gasteiger partial charge in [-0.3, -0.25) is 0 Å². The third-order valence-corrected chi connectivity index (χ3v) is 2.93. The first-order chi connectivity index (χ1) is 8.16. The molecule has 2 nitrogen and oxygen atoms in total. The zero-order valence-corrected chi connectivity index (χ0v) is 13.6. The van der Waals surface area contributed by atoms with Gasteiger partial charge in [-0.05, 0) is 37.0 Å². The van der Waals surface area contributed by atoms with Crippen molar-refractivity contribution in [3.63, 3.8) is 0 Å². The summed E-state index contributed by atoms with van der Waals surface area (Å²) in [4.78, 5) is 4.66. The lowest BCUT2D eigenvalue weighted by Crippen LogP contribution is -2.07. The first-order valence-corrected chi connectivity index (χ1v) is 6.27. The Morgan fingerprint density at radius 2 is 1.94 bits per heavy atom. The van der Waals surface area contributed by atoms with Crippen molar-refractivity contribution in [1.82, 2.24) is 4.98 Å². The molecule has 0 unspecified atom stereocenters. The molecule has 0 bridgehead atoms. The highest BCUT2D eigenvalue weighted by Crippen LogP contribution is 2.19. The fourth-order valence-corrected chi connectivity index (χ4v) is 1.88. The van der Waals surface area contributed by atoms with Crippen molar-refractivity contribution in [1.29, 1.82) is 0 Å². The average Bonchev–Trinajstić information content (AvgIpc) is 2.29. The number of hydrogen-bond donors (Lipinski definition) is 1. The van der Waals surface area contributed by atoms with Gasteiger partial charge in [0.05, 0.1) is 5.52 Å². The summed E-state index contributed by atoms with van der Waals surface area (Å²) in [5.74, 6) is 1.74. The highest BCUT2D eigenvalue weighted by Gasteiger charge is 2.02. The minimum Gasteiger partial charge on any atom is -0.370 e. The second-order valence-electron chi connectivity index (χ2n) is 4.96. The first-order valence-electron chi connectivity index (χ1n) is 6.27. The second kappa shape index (κ2) is 6.92. The van der Waals surface area contributed by atoms with E-state index in [1.807, 2.05) is 6.07 Å². The maximum Gasteiger partial charge on any atom is 0.129 e. The molecule has 1 aromatic carbocycles. The Balaban J connectivity index is 0.00000162. The van der Waals surface area contributed by atoms with Crippen LogP contribution in [0.3, 0.4) is 0 Å². The lowest BCUT2D eigenvalue weighted by Gasteiger charge is -2.11. The normalized spacial score (nSPS) is 10.4. The Morgan fingerprint density at radius 1 is 1.22 bits per heavy atom. The maximum absolute atomic E-state index is 4.66. The molecule has 0 saturated heterocycles. The Hall–Kier alpha value is -0.840. The monoisotopic (exact) mass is 356 g/mol. The van der Waals surface area contributed by atoms with Crippen LogP contribution in [0.25, 0.3) is 10.9 Å². The molecule has 1 N–H and O–H groups in total. The molecule has 0 amide bonds. The van der Waals surface area contributed by atoms with Gasteiger partial charge in [-0.15, -0.1) is 24.0 Å². The van der Waals surface area contributed by atoms with E-state index in [0.29, 0.717) is 0 Å². The van der Waals surface area contributed by atoms with E-state index in [2.05, 4.69) is 55.3 Å². The number of hydrogen-bond acceptors (Lipinski definition) is 2. The molecule has 0 aliphatic heterocycles. The number of fused-ring (bicyclic) bond motifs is 1. The van der Waals surface area contributed by atoms with E-state index in [4.69, 9.17) is 0 Å². The number of aryl methyl sites for hydroxylation is 1. The number of nitrogens with zero attached hydrogens (tertiary/aromatic N) is 1. The summed E-state index contributed by atoms with van der Waals surface area (Å²) in [6, 6.07) is 10.4. The number of para-hydroxylation sites is 1. The summed E-state index contributed by atoms with van der Waals surface area (Å²) < 4.78 is 0. The predicted octanol–water partition coefficient (Wildman–Crippen LogP) is 4.62. The Morgan fingerprint density at radius 3 is 2.67 bits per heavy atom. The SMILES string of the molecule is Cc1cc2ccccc2nc1NCCC(C)C.I. The largest absolute Gasteiger partial charge is 0.370 e. The van der Waals surface area contributed by atoms with Gasteiger partial charge in [0.2, 0.25) is 0 Å². The molecule has 0 aliphatic carbocycles. The first kappa shape index (κ1) is 15.2. The number of benzene rings is 1. The molecule has 0 aliphatic rings. The van der Waals surface area contributed by atoms with Crippen LogP contribution in [-0.2, 0) is 0 Å². The number of rotatable bonds is 4. The molecule has 1 aromatic heterocycles. The smallest absolute Gasteiger partial charge is 0.129 e. The van der Waals surface area contributed by atoms with Crippen LogP contribution in [0, 0.1) is 12.8 Å². The van der Waals surface area contributed by atoms with Crippen LogP contribution in [0.1, 0.15) is 25.8 Å². The van der Waals surface area contributed by atoms with Crippen molar-refractivity contribution in [3.05, 3.63) is 35.9 Å². The van der Waals surface area contributed by atoms with E-state index in [0.717, 1.165) is 23.8 Å². The molecule has 98 valence electrons. The van der Waals surface area contributed by atoms with Crippen molar-refractivity contribution >= 4 is 40.7 Å². The standard InChI is InChI=1S/C15H20N2.HI/c1-11(2)8-9-16-15-12(3)10-13-6-4-5-7-14(13)17-15;/h4-7,10-11H,8-9H2,1-3H3,(H,16,17);1H. The third-order valence-electron chi connectivity index (χ3n) is 2.93. The zero-order chi connectivity index (χ0) is 12.3. The van der Waals surface area contributed by atoms with Crippen LogP contribution in [0.4, 0.5) is 5.82 Å². The van der Waals surface area contributed by atoms with Gasteiger partial charge in [-0.1, -0.05) is 32.0 Å². The summed E-state index contributed by atoms with van der Waals surface area (Å²) >= 11 is 0. The molecule has 0 radical (unpaired) electrons. The summed E-state index contributed by atoms with van der Waals surface area (Å²) in [5, 5.41) is 4.63. The van der Waals surface area contributed by atoms with Crippen LogP contribution in [-0.4, -0.2) is 11.5 Å². The van der Waals surface area contributed by atoms with Gasteiger partial charge in [0, 0.05) is 11.9 Å². The lowest BCUT2D eigenvalue weighted by molar-refractivity contribution is 0.606. The summed E-state index contributed by atoms with van der Waals surface area (Å²) in [6.07, 6.45) is 1.17. The van der Waals surface area contributed by atoms with Crippen molar-refractivity contribution in [2.75, 3.05) is 11.9 Å². The van der Waals surface area contributed by atoms with E-state index in [1.165, 1.54) is 17.4 Å². The van der Waals surface area contributed by atoms with Crippen LogP contribution in [0.5, 0.6) is 0 Å². The summed E-state index contributed by atoms with van der Waals surface area (Å²) in [7, 11) is 0. The van der Waals surface area contributed by atoms with Gasteiger partial charge in [-0.25, -0.2) is 4.98 Å². The van der Waals surface area contributed by atoms with Gasteiger partial charge >= 0.3 is 0 Å². The number of pyridine rings is 1. The molecule has 0 atom stereocenters. The molecule has 18 heavy (non-hydrogen) atoms. The molecular weight excluding hydrogens is 335 g/mol. The van der Waals surface area contributed by atoms with E-state index in [-0.39, 0.29) is 24.0 Å². The minimum atomic E-state index is 0. The topological polar surface area (TPSA) is 24.9 Å². The molecule has 2 aromatic rings. The van der Waals surface area contributed by atoms with E-state index >= 15 is 0 Å². The molecule has 0 fully saturated rings. The van der Waals surface area contributed by atoms with E-state index in [9.17, 15) is 0 Å². The zero-order valence-electron chi connectivity index (χ0n) is 11.2. The highest BCUT2D eigenvalue weighted by molar-refractivity contribution is 14.0. The fourth-order valence-electron chi connectivity index (χ4n) is 1.88. The summed E-state index contributed by atoms with van der Waals surface area (Å²) in [6.45, 7) is 7.58. The van der Waals surface area contributed by atoms with E-state index < -0.39 is 0 Å². The van der Waals surface area contributed by atoms with Crippen LogP contribution in [0.2, 0.25) is 0 Å². The quantitative estimate of drug-likeness (QED) is 0.809. The minimum absolute atomic E-state index is 0. The number of halogens is 1. The van der Waals surface area contributed by atoms with Gasteiger partial charge in [0.25, 0.3) is 0 Å². The van der Waals surface area contributed by atoms with Gasteiger partial charge in [-0.2, -0.15) is 0 Å². The highest BCUT2D eigenvalue weighted by atomic mass is 127. The second-order valence-corrected chi connectivity index (χ2v) is 4.96. The Kier molecular flexibility index (Phi) is 5.85. The van der Waals surface area contributed by atoms with Crippen LogP contribution < -0.4 is 5.32 Å². The molecule has 3 heteroatoms. The van der Waals surface area contributed by atoms with Crippen molar-refractivity contribution in [3.8, 4) is 0 Å². The van der Waals surface area contributed by atoms with Crippen molar-refractivity contribution in [2.45, 2.75) is 27.2 Å². The molecule has 0 saturated carbocycles. The van der Waals surface area contributed by atoms with Gasteiger partial charge < -0.3 is 5.32 Å². The number of aromatic nitrogens is 1. The molecular formula is C15H21IN2. The fraction of sp³-hybridized carbons (Fsp3) is 0.400. The average molecular weight is 356 g/mol. The molecule has 2 rings (SSSR count).